The Balaban J connectivity index is 2.03. The van der Waals surface area contributed by atoms with Crippen molar-refractivity contribution in [2.75, 3.05) is 18.2 Å². The molecule has 0 atom stereocenters. The number of rotatable bonds is 8. The molecule has 0 unspecified atom stereocenters. The highest BCUT2D eigenvalue weighted by atomic mass is 32.2. The Morgan fingerprint density at radius 3 is 2.59 bits per heavy atom. The molecule has 2 amide bonds. The number of hydrazone groups is 1. The average molecular weight is 387 g/mol. The number of carbonyl (C=O) groups is 2. The minimum atomic E-state index is -0.860. The van der Waals surface area contributed by atoms with Crippen LogP contribution in [0.5, 0.6) is 5.75 Å². The van der Waals surface area contributed by atoms with E-state index in [1.165, 1.54) is 11.8 Å². The lowest BCUT2D eigenvalue weighted by molar-refractivity contribution is -0.133. The summed E-state index contributed by atoms with van der Waals surface area (Å²) in [7, 11) is 1.57. The van der Waals surface area contributed by atoms with Gasteiger partial charge in [-0.25, -0.2) is 10.2 Å². The summed E-state index contributed by atoms with van der Waals surface area (Å²) in [5, 5.41) is 15.6. The molecule has 0 fully saturated rings. The van der Waals surface area contributed by atoms with Crippen molar-refractivity contribution in [2.24, 2.45) is 5.10 Å². The third kappa shape index (κ3) is 6.67. The van der Waals surface area contributed by atoms with Gasteiger partial charge in [0.25, 0.3) is 0 Å². The molecule has 0 aromatic heterocycles. The highest BCUT2D eigenvalue weighted by Gasteiger charge is 2.08. The van der Waals surface area contributed by atoms with Gasteiger partial charge in [-0.15, -0.1) is 11.8 Å². The summed E-state index contributed by atoms with van der Waals surface area (Å²) >= 11 is 1.28. The molecule has 2 aromatic carbocycles. The van der Waals surface area contributed by atoms with Crippen molar-refractivity contribution in [1.82, 2.24) is 5.43 Å². The van der Waals surface area contributed by atoms with Crippen LogP contribution in [0.4, 0.5) is 10.5 Å². The van der Waals surface area contributed by atoms with Gasteiger partial charge in [-0.2, -0.15) is 5.10 Å². The topological polar surface area (TPSA) is 100 Å². The molecule has 0 heterocycles. The van der Waals surface area contributed by atoms with Crippen LogP contribution in [0.1, 0.15) is 18.1 Å². The lowest BCUT2D eigenvalue weighted by Crippen LogP contribution is -2.25. The molecule has 142 valence electrons. The zero-order valence-electron chi connectivity index (χ0n) is 15.1. The third-order valence-electron chi connectivity index (χ3n) is 3.54. The summed E-state index contributed by atoms with van der Waals surface area (Å²) in [6.07, 6.45) is 0. The van der Waals surface area contributed by atoms with Crippen LogP contribution >= 0.6 is 11.8 Å². The number of nitrogens with one attached hydrogen (secondary N) is 2. The van der Waals surface area contributed by atoms with Gasteiger partial charge >= 0.3 is 12.0 Å². The van der Waals surface area contributed by atoms with Crippen molar-refractivity contribution < 1.29 is 19.4 Å². The van der Waals surface area contributed by atoms with E-state index in [-0.39, 0.29) is 5.75 Å². The van der Waals surface area contributed by atoms with E-state index in [0.717, 1.165) is 11.1 Å². The first-order valence-corrected chi connectivity index (χ1v) is 9.28. The predicted molar refractivity (Wildman–Crippen MR) is 108 cm³/mol. The van der Waals surface area contributed by atoms with Crippen LogP contribution < -0.4 is 15.5 Å². The molecule has 3 N–H and O–H groups in total. The number of anilines is 1. The van der Waals surface area contributed by atoms with Crippen molar-refractivity contribution in [3.05, 3.63) is 59.7 Å². The number of ether oxygens (including phenoxy) is 1. The number of aliphatic carboxylic acids is 1. The van der Waals surface area contributed by atoms with Gasteiger partial charge in [0.2, 0.25) is 0 Å². The van der Waals surface area contributed by atoms with Gasteiger partial charge in [0.05, 0.1) is 18.6 Å². The monoisotopic (exact) mass is 387 g/mol. The van der Waals surface area contributed by atoms with Crippen molar-refractivity contribution >= 4 is 35.2 Å². The molecule has 0 saturated heterocycles. The van der Waals surface area contributed by atoms with Crippen LogP contribution in [0.2, 0.25) is 0 Å². The van der Waals surface area contributed by atoms with Crippen molar-refractivity contribution in [3.63, 3.8) is 0 Å². The fourth-order valence-corrected chi connectivity index (χ4v) is 2.97. The van der Waals surface area contributed by atoms with Crippen molar-refractivity contribution in [3.8, 4) is 5.75 Å². The summed E-state index contributed by atoms with van der Waals surface area (Å²) in [6.45, 7) is 1.78. The molecular weight excluding hydrogens is 366 g/mol. The molecule has 0 aliphatic heterocycles. The van der Waals surface area contributed by atoms with Gasteiger partial charge in [0, 0.05) is 17.0 Å². The highest BCUT2D eigenvalue weighted by Crippen LogP contribution is 2.25. The van der Waals surface area contributed by atoms with E-state index >= 15 is 0 Å². The summed E-state index contributed by atoms with van der Waals surface area (Å²) in [4.78, 5) is 22.6. The third-order valence-corrected chi connectivity index (χ3v) is 4.50. The number of carboxylic acids is 1. The maximum Gasteiger partial charge on any atom is 0.339 e. The van der Waals surface area contributed by atoms with Crippen molar-refractivity contribution in [2.45, 2.75) is 12.7 Å². The molecule has 8 heteroatoms. The van der Waals surface area contributed by atoms with Crippen LogP contribution in [0.15, 0.2) is 53.6 Å². The normalized spacial score (nSPS) is 11.0. The lowest BCUT2D eigenvalue weighted by atomic mass is 10.1. The summed E-state index contributed by atoms with van der Waals surface area (Å²) in [6, 6.07) is 14.1. The molecule has 0 radical (unpaired) electrons. The number of carboxylic acid groups (broad SMARTS) is 1. The van der Waals surface area contributed by atoms with Gasteiger partial charge in [0.15, 0.2) is 0 Å². The largest absolute Gasteiger partial charge is 0.496 e. The van der Waals surface area contributed by atoms with Crippen LogP contribution in [-0.2, 0) is 10.5 Å². The highest BCUT2D eigenvalue weighted by molar-refractivity contribution is 7.99. The van der Waals surface area contributed by atoms with Gasteiger partial charge in [0.1, 0.15) is 5.75 Å². The Morgan fingerprint density at radius 1 is 1.19 bits per heavy atom. The fraction of sp³-hybridized carbons (Fsp3) is 0.211. The number of hydrogen-bond acceptors (Lipinski definition) is 5. The number of carbonyl (C=O) groups excluding carboxylic acids is 1. The second-order valence-electron chi connectivity index (χ2n) is 5.54. The molecule has 27 heavy (non-hydrogen) atoms. The number of urea groups is 1. The summed E-state index contributed by atoms with van der Waals surface area (Å²) in [5.74, 6) is 0.334. The van der Waals surface area contributed by atoms with E-state index in [4.69, 9.17) is 9.84 Å². The van der Waals surface area contributed by atoms with E-state index in [1.54, 1.807) is 32.2 Å². The minimum absolute atomic E-state index is 0.0155. The van der Waals surface area contributed by atoms with Gasteiger partial charge in [-0.05, 0) is 42.8 Å². The van der Waals surface area contributed by atoms with E-state index in [0.29, 0.717) is 22.9 Å². The Bertz CT molecular complexity index is 825. The molecule has 0 aliphatic carbocycles. The number of hydrogen-bond donors (Lipinski definition) is 3. The number of para-hydroxylation sites is 1. The summed E-state index contributed by atoms with van der Waals surface area (Å²) < 4.78 is 5.32. The fourth-order valence-electron chi connectivity index (χ4n) is 2.24. The molecular formula is C19H21N3O4S. The Labute approximate surface area is 161 Å². The quantitative estimate of drug-likeness (QED) is 0.475. The van der Waals surface area contributed by atoms with E-state index in [1.807, 2.05) is 30.3 Å². The molecule has 7 nitrogen and oxygen atoms in total. The van der Waals surface area contributed by atoms with Crippen molar-refractivity contribution in [1.29, 1.82) is 0 Å². The zero-order valence-corrected chi connectivity index (χ0v) is 15.9. The Kier molecular flexibility index (Phi) is 7.69. The first kappa shape index (κ1) is 20.3. The van der Waals surface area contributed by atoms with E-state index in [2.05, 4.69) is 15.8 Å². The minimum Gasteiger partial charge on any atom is -0.496 e. The molecule has 0 spiro atoms. The summed E-state index contributed by atoms with van der Waals surface area (Å²) in [5.41, 5.74) is 5.42. The average Bonchev–Trinajstić information content (AvgIpc) is 2.66. The van der Waals surface area contributed by atoms with E-state index in [9.17, 15) is 9.59 Å². The number of amides is 2. The van der Waals surface area contributed by atoms with Crippen LogP contribution in [0.25, 0.3) is 0 Å². The SMILES string of the molecule is COc1ccc(/C(C)=N\NC(=O)Nc2ccccc2)cc1CSCC(=O)O. The Morgan fingerprint density at radius 2 is 1.93 bits per heavy atom. The van der Waals surface area contributed by atoms with Gasteiger partial charge in [-0.1, -0.05) is 18.2 Å². The van der Waals surface area contributed by atoms with Crippen LogP contribution in [0.3, 0.4) is 0 Å². The smallest absolute Gasteiger partial charge is 0.339 e. The van der Waals surface area contributed by atoms with Crippen LogP contribution in [0, 0.1) is 0 Å². The second kappa shape index (κ2) is 10.2. The number of methoxy groups -OCH3 is 1. The molecule has 0 aliphatic rings. The molecule has 0 saturated carbocycles. The first-order chi connectivity index (χ1) is 13.0. The maximum atomic E-state index is 11.9. The number of benzene rings is 2. The predicted octanol–water partition coefficient (Wildman–Crippen LogP) is 3.56. The molecule has 2 rings (SSSR count). The number of nitrogens with zero attached hydrogens (tertiary/aromatic N) is 1. The maximum absolute atomic E-state index is 11.9. The van der Waals surface area contributed by atoms with E-state index < -0.39 is 12.0 Å². The Hall–Kier alpha value is -3.00. The molecule has 2 aromatic rings. The first-order valence-electron chi connectivity index (χ1n) is 8.12. The second-order valence-corrected chi connectivity index (χ2v) is 6.53. The zero-order chi connectivity index (χ0) is 19.6. The van der Waals surface area contributed by atoms with Gasteiger partial charge < -0.3 is 15.2 Å². The van der Waals surface area contributed by atoms with Gasteiger partial charge in [-0.3, -0.25) is 4.79 Å². The number of thioether (sulfide) groups is 1. The lowest BCUT2D eigenvalue weighted by Gasteiger charge is -2.11. The molecule has 0 bridgehead atoms. The van der Waals surface area contributed by atoms with Crippen LogP contribution in [-0.4, -0.2) is 35.7 Å². The standard InChI is InChI=1S/C19H21N3O4S/c1-13(21-22-19(25)20-16-6-4-3-5-7-16)14-8-9-17(26-2)15(10-14)11-27-12-18(23)24/h3-10H,11-12H2,1-2H3,(H,23,24)(H2,20,22,25)/b21-13-.